The van der Waals surface area contributed by atoms with Gasteiger partial charge in [-0.2, -0.15) is 0 Å². The Labute approximate surface area is 130 Å². The van der Waals surface area contributed by atoms with E-state index in [0.717, 1.165) is 28.6 Å². The van der Waals surface area contributed by atoms with Gasteiger partial charge in [0, 0.05) is 12.1 Å². The monoisotopic (exact) mass is 293 g/mol. The molecular formula is C19H19NO2. The maximum Gasteiger partial charge on any atom is 0.121 e. The molecule has 3 rings (SSSR count). The second kappa shape index (κ2) is 6.50. The van der Waals surface area contributed by atoms with Gasteiger partial charge in [0.1, 0.15) is 12.4 Å². The summed E-state index contributed by atoms with van der Waals surface area (Å²) in [7, 11) is 0. The highest BCUT2D eigenvalue weighted by molar-refractivity contribution is 5.84. The van der Waals surface area contributed by atoms with E-state index >= 15 is 0 Å². The summed E-state index contributed by atoms with van der Waals surface area (Å²) < 4.78 is 0. The van der Waals surface area contributed by atoms with Gasteiger partial charge < -0.3 is 5.11 Å². The van der Waals surface area contributed by atoms with Crippen LogP contribution >= 0.6 is 0 Å². The quantitative estimate of drug-likeness (QED) is 0.703. The number of fused-ring (bicyclic) bond motifs is 1. The summed E-state index contributed by atoms with van der Waals surface area (Å²) in [6.45, 7) is 3.10. The lowest BCUT2D eigenvalue weighted by atomic mass is 10.1. The van der Waals surface area contributed by atoms with Gasteiger partial charge in [-0.1, -0.05) is 42.5 Å². The number of anilines is 1. The number of phenols is 1. The number of hydrogen-bond acceptors (Lipinski definition) is 3. The van der Waals surface area contributed by atoms with Crippen molar-refractivity contribution in [3.63, 3.8) is 0 Å². The third kappa shape index (κ3) is 3.05. The summed E-state index contributed by atoms with van der Waals surface area (Å²) >= 11 is 0. The Balaban J connectivity index is 1.79. The molecule has 0 saturated carbocycles. The van der Waals surface area contributed by atoms with Gasteiger partial charge in [0.2, 0.25) is 0 Å². The van der Waals surface area contributed by atoms with Crippen molar-refractivity contribution < 1.29 is 9.94 Å². The molecule has 0 aliphatic rings. The summed E-state index contributed by atoms with van der Waals surface area (Å²) in [5.74, 6) is 0.266. The van der Waals surface area contributed by atoms with E-state index in [-0.39, 0.29) is 5.75 Å². The number of benzene rings is 3. The lowest BCUT2D eigenvalue weighted by molar-refractivity contribution is 0.0958. The third-order valence-corrected chi connectivity index (χ3v) is 3.65. The Morgan fingerprint density at radius 3 is 2.23 bits per heavy atom. The number of aromatic hydroxyl groups is 1. The molecule has 3 heteroatoms. The fourth-order valence-electron chi connectivity index (χ4n) is 2.48. The molecule has 22 heavy (non-hydrogen) atoms. The van der Waals surface area contributed by atoms with Gasteiger partial charge in [0.25, 0.3) is 0 Å². The molecule has 0 radical (unpaired) electrons. The molecule has 0 aliphatic heterocycles. The predicted octanol–water partition coefficient (Wildman–Crippen LogP) is 4.50. The summed E-state index contributed by atoms with van der Waals surface area (Å²) in [6, 6.07) is 21.7. The molecule has 0 fully saturated rings. The Kier molecular flexibility index (Phi) is 4.26. The average molecular weight is 293 g/mol. The first kappa shape index (κ1) is 14.4. The van der Waals surface area contributed by atoms with Gasteiger partial charge in [0.15, 0.2) is 0 Å². The molecule has 3 nitrogen and oxygen atoms in total. The Morgan fingerprint density at radius 1 is 0.909 bits per heavy atom. The number of hydrogen-bond donors (Lipinski definition) is 1. The van der Waals surface area contributed by atoms with E-state index in [2.05, 4.69) is 0 Å². The van der Waals surface area contributed by atoms with Crippen molar-refractivity contribution in [2.75, 3.05) is 11.6 Å². The standard InChI is InChI=1S/C19H19NO2/c1-2-20(18-10-4-3-5-11-18)22-14-17-12-15-8-6-7-9-16(15)13-19(17)21/h3-13,21H,2,14H2,1H3. The average Bonchev–Trinajstić information content (AvgIpc) is 2.56. The van der Waals surface area contributed by atoms with Crippen molar-refractivity contribution >= 4 is 16.5 Å². The van der Waals surface area contributed by atoms with Crippen molar-refractivity contribution in [1.29, 1.82) is 0 Å². The number of hydroxylamine groups is 1. The first-order valence-corrected chi connectivity index (χ1v) is 7.44. The molecule has 3 aromatic rings. The zero-order valence-electron chi connectivity index (χ0n) is 12.6. The second-order valence-corrected chi connectivity index (χ2v) is 5.13. The van der Waals surface area contributed by atoms with Crippen LogP contribution in [0.15, 0.2) is 66.7 Å². The van der Waals surface area contributed by atoms with Gasteiger partial charge in [-0.15, -0.1) is 0 Å². The van der Waals surface area contributed by atoms with Crippen LogP contribution in [0.25, 0.3) is 10.8 Å². The topological polar surface area (TPSA) is 32.7 Å². The number of para-hydroxylation sites is 1. The van der Waals surface area contributed by atoms with Gasteiger partial charge in [0.05, 0.1) is 5.69 Å². The maximum atomic E-state index is 10.2. The molecule has 0 amide bonds. The smallest absolute Gasteiger partial charge is 0.121 e. The molecule has 0 unspecified atom stereocenters. The summed E-state index contributed by atoms with van der Waals surface area (Å²) in [5.41, 5.74) is 1.79. The van der Waals surface area contributed by atoms with Crippen LogP contribution in [0.2, 0.25) is 0 Å². The SMILES string of the molecule is CCN(OCc1cc2ccccc2cc1O)c1ccccc1. The maximum absolute atomic E-state index is 10.2. The minimum atomic E-state index is 0.266. The Morgan fingerprint density at radius 2 is 1.55 bits per heavy atom. The molecular weight excluding hydrogens is 274 g/mol. The van der Waals surface area contributed by atoms with E-state index in [1.807, 2.05) is 72.7 Å². The van der Waals surface area contributed by atoms with Crippen molar-refractivity contribution in [3.05, 3.63) is 72.3 Å². The first-order valence-electron chi connectivity index (χ1n) is 7.44. The molecule has 0 saturated heterocycles. The molecule has 0 aromatic heterocycles. The predicted molar refractivity (Wildman–Crippen MR) is 89.9 cm³/mol. The van der Waals surface area contributed by atoms with E-state index in [9.17, 15) is 5.11 Å². The Bertz CT molecular complexity index is 756. The minimum absolute atomic E-state index is 0.266. The fourth-order valence-corrected chi connectivity index (χ4v) is 2.48. The summed E-state index contributed by atoms with van der Waals surface area (Å²) in [6.07, 6.45) is 0. The van der Waals surface area contributed by atoms with E-state index in [4.69, 9.17) is 4.84 Å². The number of nitrogens with zero attached hydrogens (tertiary/aromatic N) is 1. The van der Waals surface area contributed by atoms with Crippen LogP contribution < -0.4 is 5.06 Å². The molecule has 112 valence electrons. The largest absolute Gasteiger partial charge is 0.508 e. The fraction of sp³-hybridized carbons (Fsp3) is 0.158. The van der Waals surface area contributed by atoms with E-state index in [0.29, 0.717) is 6.61 Å². The molecule has 0 bridgehead atoms. The van der Waals surface area contributed by atoms with Crippen LogP contribution in [0.4, 0.5) is 5.69 Å². The zero-order valence-corrected chi connectivity index (χ0v) is 12.6. The Hall–Kier alpha value is -2.52. The van der Waals surface area contributed by atoms with Crippen molar-refractivity contribution in [2.45, 2.75) is 13.5 Å². The van der Waals surface area contributed by atoms with Crippen LogP contribution in [-0.2, 0) is 11.4 Å². The number of phenolic OH excluding ortho intramolecular Hbond substituents is 1. The van der Waals surface area contributed by atoms with Crippen molar-refractivity contribution in [2.24, 2.45) is 0 Å². The highest BCUT2D eigenvalue weighted by Gasteiger charge is 2.08. The molecule has 0 aliphatic carbocycles. The van der Waals surface area contributed by atoms with Crippen LogP contribution in [0, 0.1) is 0 Å². The number of rotatable bonds is 5. The van der Waals surface area contributed by atoms with Crippen LogP contribution in [0.3, 0.4) is 0 Å². The lowest BCUT2D eigenvalue weighted by Gasteiger charge is -2.22. The molecule has 0 spiro atoms. The normalized spacial score (nSPS) is 10.8. The zero-order chi connectivity index (χ0) is 15.4. The minimum Gasteiger partial charge on any atom is -0.508 e. The van der Waals surface area contributed by atoms with E-state index in [1.165, 1.54) is 0 Å². The van der Waals surface area contributed by atoms with Gasteiger partial charge in [-0.3, -0.25) is 9.90 Å². The van der Waals surface area contributed by atoms with E-state index in [1.54, 1.807) is 6.07 Å². The second-order valence-electron chi connectivity index (χ2n) is 5.13. The van der Waals surface area contributed by atoms with Gasteiger partial charge in [-0.05, 0) is 42.0 Å². The summed E-state index contributed by atoms with van der Waals surface area (Å²) in [4.78, 5) is 5.87. The molecule has 0 atom stereocenters. The molecule has 0 heterocycles. The van der Waals surface area contributed by atoms with E-state index < -0.39 is 0 Å². The van der Waals surface area contributed by atoms with Crippen LogP contribution in [0.5, 0.6) is 5.75 Å². The van der Waals surface area contributed by atoms with Crippen molar-refractivity contribution in [3.8, 4) is 5.75 Å². The van der Waals surface area contributed by atoms with Gasteiger partial charge in [-0.25, -0.2) is 0 Å². The lowest BCUT2D eigenvalue weighted by Crippen LogP contribution is -2.22. The van der Waals surface area contributed by atoms with Gasteiger partial charge >= 0.3 is 0 Å². The highest BCUT2D eigenvalue weighted by Crippen LogP contribution is 2.26. The summed E-state index contributed by atoms with van der Waals surface area (Å²) in [5, 5.41) is 14.1. The first-order chi connectivity index (χ1) is 10.8. The van der Waals surface area contributed by atoms with Crippen LogP contribution in [-0.4, -0.2) is 11.7 Å². The third-order valence-electron chi connectivity index (χ3n) is 3.65. The molecule has 3 aromatic carbocycles. The van der Waals surface area contributed by atoms with Crippen molar-refractivity contribution in [1.82, 2.24) is 0 Å². The highest BCUT2D eigenvalue weighted by atomic mass is 16.7. The molecule has 1 N–H and O–H groups in total. The van der Waals surface area contributed by atoms with Crippen LogP contribution in [0.1, 0.15) is 12.5 Å².